The highest BCUT2D eigenvalue weighted by molar-refractivity contribution is 5.85. The van der Waals surface area contributed by atoms with Crippen LogP contribution >= 0.6 is 0 Å². The van der Waals surface area contributed by atoms with Crippen LogP contribution in [0.25, 0.3) is 0 Å². The molecule has 2 saturated heterocycles. The van der Waals surface area contributed by atoms with Gasteiger partial charge < -0.3 is 15.0 Å². The van der Waals surface area contributed by atoms with Crippen LogP contribution in [-0.2, 0) is 16.1 Å². The standard InChI is InChI=1S/C26H33N3O3/c1-28-24(30)13-12-23(25(28)20-8-10-22(32-2)11-9-20)26(31)27-21-14-16-29(17-15-21)18-19-6-4-3-5-7-19/h3-11,21,23,25H,12-18H2,1-2H3,(H,27,31)/t23-,25+/m1/s1. The van der Waals surface area contributed by atoms with E-state index >= 15 is 0 Å². The van der Waals surface area contributed by atoms with Gasteiger partial charge in [-0.25, -0.2) is 0 Å². The predicted octanol–water partition coefficient (Wildman–Crippen LogP) is 3.39. The van der Waals surface area contributed by atoms with Crippen LogP contribution in [0.3, 0.4) is 0 Å². The number of carbonyl (C=O) groups is 2. The van der Waals surface area contributed by atoms with E-state index in [0.717, 1.165) is 43.8 Å². The molecule has 2 aromatic carbocycles. The van der Waals surface area contributed by atoms with Gasteiger partial charge in [-0.3, -0.25) is 14.5 Å². The van der Waals surface area contributed by atoms with Crippen LogP contribution in [0.1, 0.15) is 42.9 Å². The number of amides is 2. The number of ether oxygens (including phenoxy) is 1. The van der Waals surface area contributed by atoms with Crippen LogP contribution in [0.2, 0.25) is 0 Å². The van der Waals surface area contributed by atoms with E-state index < -0.39 is 0 Å². The number of hydrogen-bond acceptors (Lipinski definition) is 4. The molecule has 0 aliphatic carbocycles. The number of piperidine rings is 2. The first kappa shape index (κ1) is 22.3. The summed E-state index contributed by atoms with van der Waals surface area (Å²) < 4.78 is 5.26. The molecule has 0 radical (unpaired) electrons. The highest BCUT2D eigenvalue weighted by Crippen LogP contribution is 2.36. The van der Waals surface area contributed by atoms with Gasteiger partial charge in [-0.05, 0) is 42.5 Å². The van der Waals surface area contributed by atoms with Crippen LogP contribution < -0.4 is 10.1 Å². The summed E-state index contributed by atoms with van der Waals surface area (Å²) in [6.07, 6.45) is 2.90. The highest BCUT2D eigenvalue weighted by atomic mass is 16.5. The Kier molecular flexibility index (Phi) is 7.10. The van der Waals surface area contributed by atoms with Crippen LogP contribution in [0, 0.1) is 5.92 Å². The largest absolute Gasteiger partial charge is 0.497 e. The summed E-state index contributed by atoms with van der Waals surface area (Å²) in [5.41, 5.74) is 2.30. The second kappa shape index (κ2) is 10.2. The minimum Gasteiger partial charge on any atom is -0.497 e. The van der Waals surface area contributed by atoms with E-state index in [1.165, 1.54) is 5.56 Å². The van der Waals surface area contributed by atoms with Gasteiger partial charge in [0.25, 0.3) is 0 Å². The Balaban J connectivity index is 1.37. The van der Waals surface area contributed by atoms with Crippen molar-refractivity contribution in [3.8, 4) is 5.75 Å². The normalized spacial score (nSPS) is 22.6. The van der Waals surface area contributed by atoms with Crippen LogP contribution in [-0.4, -0.2) is 54.9 Å². The molecule has 1 N–H and O–H groups in total. The van der Waals surface area contributed by atoms with Crippen molar-refractivity contribution in [3.63, 3.8) is 0 Å². The molecule has 6 nitrogen and oxygen atoms in total. The maximum absolute atomic E-state index is 13.3. The maximum atomic E-state index is 13.3. The molecule has 2 heterocycles. The molecular formula is C26H33N3O3. The Morgan fingerprint density at radius 3 is 2.38 bits per heavy atom. The Labute approximate surface area is 190 Å². The number of likely N-dealkylation sites (tertiary alicyclic amines) is 2. The smallest absolute Gasteiger partial charge is 0.225 e. The molecule has 2 amide bonds. The minimum absolute atomic E-state index is 0.0617. The molecule has 0 saturated carbocycles. The molecule has 0 spiro atoms. The Hall–Kier alpha value is -2.86. The summed E-state index contributed by atoms with van der Waals surface area (Å²) in [5, 5.41) is 3.30. The fraction of sp³-hybridized carbons (Fsp3) is 0.462. The van der Waals surface area contributed by atoms with Crippen LogP contribution in [0.4, 0.5) is 0 Å². The molecule has 2 aliphatic heterocycles. The first-order valence-electron chi connectivity index (χ1n) is 11.5. The average Bonchev–Trinajstić information content (AvgIpc) is 2.82. The van der Waals surface area contributed by atoms with Gasteiger partial charge >= 0.3 is 0 Å². The van der Waals surface area contributed by atoms with E-state index in [9.17, 15) is 9.59 Å². The number of rotatable bonds is 6. The lowest BCUT2D eigenvalue weighted by Crippen LogP contribution is -2.50. The maximum Gasteiger partial charge on any atom is 0.225 e. The van der Waals surface area contributed by atoms with Crippen LogP contribution in [0.15, 0.2) is 54.6 Å². The molecule has 2 aromatic rings. The summed E-state index contributed by atoms with van der Waals surface area (Å²) in [6, 6.07) is 18.2. The third kappa shape index (κ3) is 5.13. The number of benzene rings is 2. The van der Waals surface area contributed by atoms with Gasteiger partial charge in [0.15, 0.2) is 0 Å². The van der Waals surface area contributed by atoms with Gasteiger partial charge in [0.2, 0.25) is 11.8 Å². The fourth-order valence-electron chi connectivity index (χ4n) is 4.95. The molecule has 0 unspecified atom stereocenters. The van der Waals surface area contributed by atoms with Crippen molar-refractivity contribution in [2.75, 3.05) is 27.2 Å². The van der Waals surface area contributed by atoms with E-state index in [0.29, 0.717) is 12.8 Å². The zero-order valence-corrected chi connectivity index (χ0v) is 19.0. The molecular weight excluding hydrogens is 402 g/mol. The Morgan fingerprint density at radius 1 is 1.03 bits per heavy atom. The van der Waals surface area contributed by atoms with Gasteiger partial charge in [-0.2, -0.15) is 0 Å². The van der Waals surface area contributed by atoms with Crippen molar-refractivity contribution in [2.24, 2.45) is 5.92 Å². The molecule has 4 rings (SSSR count). The fourth-order valence-corrected chi connectivity index (χ4v) is 4.95. The number of carbonyl (C=O) groups excluding carboxylic acids is 2. The quantitative estimate of drug-likeness (QED) is 0.756. The third-order valence-electron chi connectivity index (χ3n) is 6.84. The van der Waals surface area contributed by atoms with Crippen molar-refractivity contribution in [1.29, 1.82) is 0 Å². The average molecular weight is 436 g/mol. The summed E-state index contributed by atoms with van der Waals surface area (Å²) in [4.78, 5) is 29.9. The molecule has 2 fully saturated rings. The van der Waals surface area contributed by atoms with Gasteiger partial charge in [-0.15, -0.1) is 0 Å². The minimum atomic E-state index is -0.250. The van der Waals surface area contributed by atoms with Crippen molar-refractivity contribution in [2.45, 2.75) is 44.3 Å². The summed E-state index contributed by atoms with van der Waals surface area (Å²) in [7, 11) is 3.44. The molecule has 0 bridgehead atoms. The predicted molar refractivity (Wildman–Crippen MR) is 124 cm³/mol. The lowest BCUT2D eigenvalue weighted by molar-refractivity contribution is -0.142. The molecule has 2 aliphatic rings. The number of methoxy groups -OCH3 is 1. The summed E-state index contributed by atoms with van der Waals surface area (Å²) >= 11 is 0. The molecule has 170 valence electrons. The van der Waals surface area contributed by atoms with Crippen molar-refractivity contribution in [1.82, 2.24) is 15.1 Å². The summed E-state index contributed by atoms with van der Waals surface area (Å²) in [6.45, 7) is 2.91. The number of hydrogen-bond donors (Lipinski definition) is 1. The SMILES string of the molecule is COc1ccc([C@H]2[C@H](C(=O)NC3CCN(Cc4ccccc4)CC3)CCC(=O)N2C)cc1. The lowest BCUT2D eigenvalue weighted by atomic mass is 9.83. The number of nitrogens with zero attached hydrogens (tertiary/aromatic N) is 2. The Morgan fingerprint density at radius 2 is 1.72 bits per heavy atom. The molecule has 2 atom stereocenters. The Bertz CT molecular complexity index is 908. The van der Waals surface area contributed by atoms with E-state index in [-0.39, 0.29) is 29.8 Å². The first-order valence-corrected chi connectivity index (χ1v) is 11.5. The van der Waals surface area contributed by atoms with Crippen molar-refractivity contribution < 1.29 is 14.3 Å². The second-order valence-corrected chi connectivity index (χ2v) is 8.91. The van der Waals surface area contributed by atoms with Crippen molar-refractivity contribution in [3.05, 3.63) is 65.7 Å². The van der Waals surface area contributed by atoms with Gasteiger partial charge in [-0.1, -0.05) is 42.5 Å². The molecule has 32 heavy (non-hydrogen) atoms. The lowest BCUT2D eigenvalue weighted by Gasteiger charge is -2.40. The van der Waals surface area contributed by atoms with E-state index in [1.807, 2.05) is 30.3 Å². The number of nitrogens with one attached hydrogen (secondary N) is 1. The highest BCUT2D eigenvalue weighted by Gasteiger charge is 2.39. The van der Waals surface area contributed by atoms with Gasteiger partial charge in [0, 0.05) is 39.1 Å². The molecule has 6 heteroatoms. The van der Waals surface area contributed by atoms with E-state index in [4.69, 9.17) is 4.74 Å². The first-order chi connectivity index (χ1) is 15.5. The van der Waals surface area contributed by atoms with E-state index in [2.05, 4.69) is 34.5 Å². The molecule has 0 aromatic heterocycles. The second-order valence-electron chi connectivity index (χ2n) is 8.91. The third-order valence-corrected chi connectivity index (χ3v) is 6.84. The zero-order valence-electron chi connectivity index (χ0n) is 19.0. The zero-order chi connectivity index (χ0) is 22.5. The van der Waals surface area contributed by atoms with E-state index in [1.54, 1.807) is 19.1 Å². The van der Waals surface area contributed by atoms with Gasteiger partial charge in [0.05, 0.1) is 19.1 Å². The summed E-state index contributed by atoms with van der Waals surface area (Å²) in [5.74, 6) is 0.672. The van der Waals surface area contributed by atoms with Crippen LogP contribution in [0.5, 0.6) is 5.75 Å². The van der Waals surface area contributed by atoms with Gasteiger partial charge in [0.1, 0.15) is 5.75 Å². The monoisotopic (exact) mass is 435 g/mol. The topological polar surface area (TPSA) is 61.9 Å². The van der Waals surface area contributed by atoms with Crippen molar-refractivity contribution >= 4 is 11.8 Å².